The number of aryl methyl sites for hydroxylation is 2. The van der Waals surface area contributed by atoms with Gasteiger partial charge in [-0.1, -0.05) is 73.2 Å². The number of sulfonamides is 1. The van der Waals surface area contributed by atoms with E-state index in [-0.39, 0.29) is 17.3 Å². The fraction of sp³-hybridized carbons (Fsp3) is 0.286. The summed E-state index contributed by atoms with van der Waals surface area (Å²) >= 11 is 0. The van der Waals surface area contributed by atoms with Gasteiger partial charge in [0, 0.05) is 13.6 Å². The third-order valence-electron chi connectivity index (χ3n) is 6.14. The van der Waals surface area contributed by atoms with E-state index in [9.17, 15) is 18.0 Å². The van der Waals surface area contributed by atoms with Crippen molar-refractivity contribution in [3.8, 4) is 0 Å². The molecule has 0 bridgehead atoms. The van der Waals surface area contributed by atoms with Crippen molar-refractivity contribution in [3.63, 3.8) is 0 Å². The van der Waals surface area contributed by atoms with E-state index in [1.807, 2.05) is 50.2 Å². The number of nitrogens with zero attached hydrogens (tertiary/aromatic N) is 2. The first-order valence-electron chi connectivity index (χ1n) is 11.9. The number of amides is 2. The van der Waals surface area contributed by atoms with Gasteiger partial charge in [-0.3, -0.25) is 13.9 Å². The predicted molar refractivity (Wildman–Crippen MR) is 142 cm³/mol. The molecule has 0 spiro atoms. The SMILES string of the molecule is CCc1ccccc1N(CC(=O)N(Cc1ccc(C)cc1)[C@@H](C)C(=O)NC)S(=O)(=O)c1ccccc1. The number of hydrogen-bond donors (Lipinski definition) is 1. The molecule has 0 fully saturated rings. The normalized spacial score (nSPS) is 12.0. The summed E-state index contributed by atoms with van der Waals surface area (Å²) in [6, 6.07) is 22.1. The largest absolute Gasteiger partial charge is 0.357 e. The predicted octanol–water partition coefficient (Wildman–Crippen LogP) is 3.92. The lowest BCUT2D eigenvalue weighted by molar-refractivity contribution is -0.139. The Bertz CT molecular complexity index is 1290. The Morgan fingerprint density at radius 2 is 1.53 bits per heavy atom. The third-order valence-corrected chi connectivity index (χ3v) is 7.91. The average Bonchev–Trinajstić information content (AvgIpc) is 2.90. The molecule has 0 saturated carbocycles. The van der Waals surface area contributed by atoms with Crippen molar-refractivity contribution < 1.29 is 18.0 Å². The topological polar surface area (TPSA) is 86.8 Å². The van der Waals surface area contributed by atoms with Crippen LogP contribution in [0.25, 0.3) is 0 Å². The Morgan fingerprint density at radius 3 is 2.14 bits per heavy atom. The minimum atomic E-state index is -4.06. The zero-order chi connectivity index (χ0) is 26.3. The van der Waals surface area contributed by atoms with Crippen molar-refractivity contribution in [2.24, 2.45) is 0 Å². The van der Waals surface area contributed by atoms with Crippen LogP contribution in [0.5, 0.6) is 0 Å². The molecule has 0 aliphatic heterocycles. The minimum absolute atomic E-state index is 0.0909. The molecule has 8 heteroatoms. The van der Waals surface area contributed by atoms with Crippen molar-refractivity contribution in [3.05, 3.63) is 95.6 Å². The summed E-state index contributed by atoms with van der Waals surface area (Å²) in [5.74, 6) is -0.807. The molecule has 0 aliphatic carbocycles. The van der Waals surface area contributed by atoms with E-state index in [1.54, 1.807) is 37.3 Å². The van der Waals surface area contributed by atoms with Gasteiger partial charge < -0.3 is 10.2 Å². The molecule has 0 aromatic heterocycles. The molecule has 0 saturated heterocycles. The number of benzene rings is 3. The Balaban J connectivity index is 2.05. The van der Waals surface area contributed by atoms with Gasteiger partial charge in [-0.15, -0.1) is 0 Å². The van der Waals surface area contributed by atoms with Gasteiger partial charge in [-0.25, -0.2) is 8.42 Å². The number of carbonyl (C=O) groups is 2. The number of likely N-dealkylation sites (N-methyl/N-ethyl adjacent to an activating group) is 1. The number of rotatable bonds is 10. The summed E-state index contributed by atoms with van der Waals surface area (Å²) in [7, 11) is -2.55. The summed E-state index contributed by atoms with van der Waals surface area (Å²) in [6.07, 6.45) is 0.590. The van der Waals surface area contributed by atoms with E-state index in [4.69, 9.17) is 0 Å². The van der Waals surface area contributed by atoms with E-state index in [2.05, 4.69) is 5.32 Å². The molecule has 0 heterocycles. The highest BCUT2D eigenvalue weighted by molar-refractivity contribution is 7.92. The molecule has 1 N–H and O–H groups in total. The molecular weight excluding hydrogens is 474 g/mol. The Morgan fingerprint density at radius 1 is 0.917 bits per heavy atom. The second kappa shape index (κ2) is 11.9. The first-order valence-corrected chi connectivity index (χ1v) is 13.3. The summed E-state index contributed by atoms with van der Waals surface area (Å²) in [5.41, 5.74) is 3.16. The van der Waals surface area contributed by atoms with Gasteiger partial charge in [0.2, 0.25) is 11.8 Å². The van der Waals surface area contributed by atoms with Crippen LogP contribution in [-0.2, 0) is 32.6 Å². The minimum Gasteiger partial charge on any atom is -0.357 e. The van der Waals surface area contributed by atoms with Crippen LogP contribution in [0.1, 0.15) is 30.5 Å². The Kier molecular flexibility index (Phi) is 8.88. The summed E-state index contributed by atoms with van der Waals surface area (Å²) < 4.78 is 28.7. The molecule has 2 amide bonds. The molecule has 0 radical (unpaired) electrons. The van der Waals surface area contributed by atoms with Gasteiger partial charge in [0.05, 0.1) is 10.6 Å². The van der Waals surface area contributed by atoms with Crippen molar-refractivity contribution in [1.82, 2.24) is 10.2 Å². The van der Waals surface area contributed by atoms with Crippen LogP contribution >= 0.6 is 0 Å². The van der Waals surface area contributed by atoms with E-state index < -0.39 is 28.5 Å². The molecule has 190 valence electrons. The van der Waals surface area contributed by atoms with Crippen molar-refractivity contribution in [2.45, 2.75) is 44.7 Å². The van der Waals surface area contributed by atoms with Crippen LogP contribution in [-0.4, -0.2) is 44.8 Å². The fourth-order valence-electron chi connectivity index (χ4n) is 3.97. The van der Waals surface area contributed by atoms with Gasteiger partial charge in [-0.05, 0) is 49.6 Å². The van der Waals surface area contributed by atoms with Crippen LogP contribution in [0.2, 0.25) is 0 Å². The standard InChI is InChI=1S/C28H33N3O4S/c1-5-24-11-9-10-14-26(24)31(36(34,35)25-12-7-6-8-13-25)20-27(32)30(22(3)28(33)29-4)19-23-17-15-21(2)16-18-23/h6-18,22H,5,19-20H2,1-4H3,(H,29,33)/t22-/m0/s1. The monoisotopic (exact) mass is 507 g/mol. The van der Waals surface area contributed by atoms with E-state index in [0.29, 0.717) is 12.1 Å². The maximum atomic E-state index is 13.8. The van der Waals surface area contributed by atoms with Gasteiger partial charge >= 0.3 is 0 Å². The van der Waals surface area contributed by atoms with Crippen LogP contribution in [0, 0.1) is 6.92 Å². The zero-order valence-electron chi connectivity index (χ0n) is 21.1. The Hall–Kier alpha value is -3.65. The van der Waals surface area contributed by atoms with Gasteiger partial charge in [0.1, 0.15) is 12.6 Å². The third kappa shape index (κ3) is 6.12. The van der Waals surface area contributed by atoms with Gasteiger partial charge in [0.25, 0.3) is 10.0 Å². The van der Waals surface area contributed by atoms with Crippen LogP contribution in [0.15, 0.2) is 83.8 Å². The highest BCUT2D eigenvalue weighted by Crippen LogP contribution is 2.28. The fourth-order valence-corrected chi connectivity index (χ4v) is 5.44. The first-order chi connectivity index (χ1) is 17.2. The van der Waals surface area contributed by atoms with Crippen LogP contribution in [0.3, 0.4) is 0 Å². The number of anilines is 1. The Labute approximate surface area is 213 Å². The van der Waals surface area contributed by atoms with Crippen molar-refractivity contribution >= 4 is 27.5 Å². The average molecular weight is 508 g/mol. The van der Waals surface area contributed by atoms with Gasteiger partial charge in [0.15, 0.2) is 0 Å². The smallest absolute Gasteiger partial charge is 0.264 e. The molecule has 3 aromatic rings. The molecule has 1 atom stereocenters. The maximum Gasteiger partial charge on any atom is 0.264 e. The van der Waals surface area contributed by atoms with Crippen molar-refractivity contribution in [1.29, 1.82) is 0 Å². The lowest BCUT2D eigenvalue weighted by Gasteiger charge is -2.32. The maximum absolute atomic E-state index is 13.8. The first kappa shape index (κ1) is 26.9. The second-order valence-electron chi connectivity index (χ2n) is 8.60. The lowest BCUT2D eigenvalue weighted by Crippen LogP contribution is -2.50. The van der Waals surface area contributed by atoms with Crippen LogP contribution in [0.4, 0.5) is 5.69 Å². The van der Waals surface area contributed by atoms with E-state index in [0.717, 1.165) is 21.0 Å². The van der Waals surface area contributed by atoms with Crippen LogP contribution < -0.4 is 9.62 Å². The summed E-state index contributed by atoms with van der Waals surface area (Å²) in [4.78, 5) is 27.8. The molecule has 36 heavy (non-hydrogen) atoms. The molecular formula is C28H33N3O4S. The van der Waals surface area contributed by atoms with E-state index >= 15 is 0 Å². The highest BCUT2D eigenvalue weighted by atomic mass is 32.2. The number of hydrogen-bond acceptors (Lipinski definition) is 4. The molecule has 3 rings (SSSR count). The highest BCUT2D eigenvalue weighted by Gasteiger charge is 2.32. The zero-order valence-corrected chi connectivity index (χ0v) is 22.0. The quantitative estimate of drug-likeness (QED) is 0.451. The van der Waals surface area contributed by atoms with E-state index in [1.165, 1.54) is 24.1 Å². The lowest BCUT2D eigenvalue weighted by atomic mass is 10.1. The number of nitrogens with one attached hydrogen (secondary N) is 1. The molecule has 7 nitrogen and oxygen atoms in total. The summed E-state index contributed by atoms with van der Waals surface area (Å²) in [6.45, 7) is 5.27. The molecule has 0 unspecified atom stereocenters. The second-order valence-corrected chi connectivity index (χ2v) is 10.5. The summed E-state index contributed by atoms with van der Waals surface area (Å²) in [5, 5.41) is 2.59. The molecule has 0 aliphatic rings. The molecule has 3 aromatic carbocycles. The van der Waals surface area contributed by atoms with Gasteiger partial charge in [-0.2, -0.15) is 0 Å². The van der Waals surface area contributed by atoms with Crippen molar-refractivity contribution in [2.75, 3.05) is 17.9 Å². The number of para-hydroxylation sites is 1. The number of carbonyl (C=O) groups excluding carboxylic acids is 2.